The van der Waals surface area contributed by atoms with Crippen molar-refractivity contribution in [2.75, 3.05) is 0 Å². The zero-order valence-electron chi connectivity index (χ0n) is 20.0. The normalized spacial score (nSPS) is 36.9. The van der Waals surface area contributed by atoms with Gasteiger partial charge in [-0.3, -0.25) is 5.32 Å². The molecule has 4 rings (SSSR count). The topological polar surface area (TPSA) is 63.8 Å². The molecule has 0 radical (unpaired) electrons. The fraction of sp³-hybridized carbons (Fsp3) is 0.750. The van der Waals surface area contributed by atoms with Crippen molar-refractivity contribution in [2.24, 2.45) is 5.92 Å². The highest BCUT2D eigenvalue weighted by atomic mass is 19.4. The van der Waals surface area contributed by atoms with E-state index < -0.39 is 54.7 Å². The van der Waals surface area contributed by atoms with E-state index in [1.807, 2.05) is 0 Å². The van der Waals surface area contributed by atoms with Gasteiger partial charge in [-0.15, -0.1) is 0 Å². The molecule has 36 heavy (non-hydrogen) atoms. The summed E-state index contributed by atoms with van der Waals surface area (Å²) in [4.78, 5) is 0. The highest BCUT2D eigenvalue weighted by molar-refractivity contribution is 5.14. The van der Waals surface area contributed by atoms with E-state index in [1.54, 1.807) is 37.3 Å². The van der Waals surface area contributed by atoms with Gasteiger partial charge in [-0.05, 0) is 38.2 Å². The number of hydrogen-bond donors (Lipinski definition) is 3. The van der Waals surface area contributed by atoms with Gasteiger partial charge in [-0.1, -0.05) is 49.6 Å². The molecule has 0 saturated carbocycles. The van der Waals surface area contributed by atoms with E-state index in [1.165, 1.54) is 0 Å². The molecule has 3 aliphatic heterocycles. The van der Waals surface area contributed by atoms with Crippen molar-refractivity contribution in [1.29, 1.82) is 0 Å². The average Bonchev–Trinajstić information content (AvgIpc) is 3.30. The van der Waals surface area contributed by atoms with Crippen LogP contribution in [-0.2, 0) is 20.8 Å². The second kappa shape index (κ2) is 11.1. The van der Waals surface area contributed by atoms with E-state index in [-0.39, 0.29) is 32.3 Å². The maximum absolute atomic E-state index is 14.7. The van der Waals surface area contributed by atoms with Crippen LogP contribution in [-0.4, -0.2) is 48.8 Å². The number of fused-ring (bicyclic) bond motifs is 5. The fourth-order valence-corrected chi connectivity index (χ4v) is 5.18. The lowest BCUT2D eigenvalue weighted by molar-refractivity contribution is -0.321. The van der Waals surface area contributed by atoms with Gasteiger partial charge in [0.1, 0.15) is 12.5 Å². The first-order valence-corrected chi connectivity index (χ1v) is 12.4. The third-order valence-electron chi connectivity index (χ3n) is 7.24. The molecule has 3 fully saturated rings. The number of hydrazine groups is 1. The smallest absolute Gasteiger partial charge is 0.360 e. The largest absolute Gasteiger partial charge is 0.421 e. The van der Waals surface area contributed by atoms with E-state index >= 15 is 0 Å². The second-order valence-corrected chi connectivity index (χ2v) is 9.85. The zero-order chi connectivity index (χ0) is 26.0. The summed E-state index contributed by atoms with van der Waals surface area (Å²) in [6.07, 6.45) is -12.5. The van der Waals surface area contributed by atoms with Crippen LogP contribution >= 0.6 is 0 Å². The van der Waals surface area contributed by atoms with Crippen molar-refractivity contribution in [3.05, 3.63) is 35.9 Å². The Hall–Kier alpha value is -1.44. The molecular weight excluding hydrogens is 492 g/mol. The van der Waals surface area contributed by atoms with Gasteiger partial charge in [0.25, 0.3) is 0 Å². The molecule has 3 aliphatic rings. The predicted molar refractivity (Wildman–Crippen MR) is 118 cm³/mol. The summed E-state index contributed by atoms with van der Waals surface area (Å²) in [5.41, 5.74) is 3.25. The van der Waals surface area contributed by atoms with Crippen LogP contribution < -0.4 is 16.2 Å². The lowest BCUT2D eigenvalue weighted by atomic mass is 9.90. The molecule has 4 bridgehead atoms. The molecule has 0 spiro atoms. The zero-order valence-corrected chi connectivity index (χ0v) is 20.0. The Morgan fingerprint density at radius 3 is 2.36 bits per heavy atom. The van der Waals surface area contributed by atoms with Crippen molar-refractivity contribution >= 4 is 0 Å². The summed E-state index contributed by atoms with van der Waals surface area (Å²) in [6.45, 7) is 1.42. The second-order valence-electron chi connectivity index (χ2n) is 9.85. The standard InChI is InChI=1S/C24H33F6N3O3/c1-15-8-4-3-7-13-22(24(28,29)30,34-14-16-9-5-2-6-10-16)21-33-32-20(36-21)18-12-11-17(23(25,26)27)19(31-18)35-15/h2,5-6,9-10,15,17-21,31-33H,3-4,7-8,11-14H2,1H3/t15-,17?,18?,19?,20?,21?,22+/m0/s1. The number of nitrogens with one attached hydrogen (secondary N) is 3. The van der Waals surface area contributed by atoms with Gasteiger partial charge in [0.05, 0.1) is 24.7 Å². The Labute approximate surface area is 206 Å². The van der Waals surface area contributed by atoms with Crippen LogP contribution in [0.5, 0.6) is 0 Å². The average molecular weight is 526 g/mol. The molecule has 204 valence electrons. The summed E-state index contributed by atoms with van der Waals surface area (Å²) in [5.74, 6) is -1.71. The fourth-order valence-electron chi connectivity index (χ4n) is 5.18. The Morgan fingerprint density at radius 1 is 0.917 bits per heavy atom. The number of piperidine rings is 1. The summed E-state index contributed by atoms with van der Waals surface area (Å²) in [5, 5.41) is 2.85. The summed E-state index contributed by atoms with van der Waals surface area (Å²) >= 11 is 0. The molecule has 3 saturated heterocycles. The molecule has 6 nitrogen and oxygen atoms in total. The quantitative estimate of drug-likeness (QED) is 0.488. The number of hydrogen-bond acceptors (Lipinski definition) is 6. The first kappa shape index (κ1) is 27.6. The Balaban J connectivity index is 1.59. The van der Waals surface area contributed by atoms with Crippen LogP contribution in [0.1, 0.15) is 57.4 Å². The minimum absolute atomic E-state index is 0.0500. The lowest BCUT2D eigenvalue weighted by Crippen LogP contribution is -2.61. The van der Waals surface area contributed by atoms with Crippen molar-refractivity contribution in [2.45, 2.75) is 107 Å². The van der Waals surface area contributed by atoms with Crippen LogP contribution in [0.25, 0.3) is 0 Å². The monoisotopic (exact) mass is 525 g/mol. The van der Waals surface area contributed by atoms with E-state index in [0.29, 0.717) is 24.8 Å². The van der Waals surface area contributed by atoms with Gasteiger partial charge in [-0.25, -0.2) is 10.9 Å². The van der Waals surface area contributed by atoms with Crippen LogP contribution in [0.4, 0.5) is 26.3 Å². The van der Waals surface area contributed by atoms with Crippen LogP contribution in [0.3, 0.4) is 0 Å². The van der Waals surface area contributed by atoms with Crippen molar-refractivity contribution < 1.29 is 40.6 Å². The third kappa shape index (κ3) is 6.16. The Morgan fingerprint density at radius 2 is 1.67 bits per heavy atom. The highest BCUT2D eigenvalue weighted by Crippen LogP contribution is 2.44. The molecule has 7 atom stereocenters. The van der Waals surface area contributed by atoms with Crippen LogP contribution in [0.15, 0.2) is 30.3 Å². The molecular formula is C24H33F6N3O3. The van der Waals surface area contributed by atoms with Gasteiger partial charge in [0, 0.05) is 0 Å². The maximum atomic E-state index is 14.7. The molecule has 5 unspecified atom stereocenters. The molecule has 0 amide bonds. The van der Waals surface area contributed by atoms with Crippen molar-refractivity contribution in [3.63, 3.8) is 0 Å². The van der Waals surface area contributed by atoms with Crippen molar-refractivity contribution in [3.8, 4) is 0 Å². The van der Waals surface area contributed by atoms with Gasteiger partial charge >= 0.3 is 12.4 Å². The number of rotatable bonds is 3. The molecule has 3 heterocycles. The summed E-state index contributed by atoms with van der Waals surface area (Å²) in [7, 11) is 0. The minimum Gasteiger partial charge on any atom is -0.360 e. The van der Waals surface area contributed by atoms with Gasteiger partial charge in [-0.2, -0.15) is 26.3 Å². The first-order valence-electron chi connectivity index (χ1n) is 12.4. The van der Waals surface area contributed by atoms with Crippen LogP contribution in [0, 0.1) is 5.92 Å². The number of alkyl halides is 6. The Bertz CT molecular complexity index is 843. The first-order chi connectivity index (χ1) is 17.0. The number of halogens is 6. The molecule has 12 heteroatoms. The lowest BCUT2D eigenvalue weighted by Gasteiger charge is -2.42. The van der Waals surface area contributed by atoms with Gasteiger partial charge in [0.2, 0.25) is 5.60 Å². The molecule has 1 aromatic rings. The number of ether oxygens (including phenoxy) is 3. The van der Waals surface area contributed by atoms with Gasteiger partial charge in [0.15, 0.2) is 6.23 Å². The van der Waals surface area contributed by atoms with Crippen molar-refractivity contribution in [1.82, 2.24) is 16.2 Å². The SMILES string of the molecule is C[C@H]1CCCCC[C@](OCc2ccccc2)(C(F)(F)F)C2NNC(O2)C2CCC(C(F)(F)F)C(N2)O1. The maximum Gasteiger partial charge on any atom is 0.421 e. The molecule has 3 N–H and O–H groups in total. The number of benzene rings is 1. The highest BCUT2D eigenvalue weighted by Gasteiger charge is 2.63. The van der Waals surface area contributed by atoms with E-state index in [2.05, 4.69) is 16.2 Å². The van der Waals surface area contributed by atoms with E-state index in [0.717, 1.165) is 0 Å². The minimum atomic E-state index is -4.77. The predicted octanol–water partition coefficient (Wildman–Crippen LogP) is 4.91. The van der Waals surface area contributed by atoms with E-state index in [9.17, 15) is 26.3 Å². The Kier molecular flexibility index (Phi) is 8.52. The molecule has 0 aromatic heterocycles. The summed E-state index contributed by atoms with van der Waals surface area (Å²) in [6, 6.07) is 7.87. The van der Waals surface area contributed by atoms with Crippen LogP contribution in [0.2, 0.25) is 0 Å². The third-order valence-corrected chi connectivity index (χ3v) is 7.24. The van der Waals surface area contributed by atoms with Gasteiger partial charge < -0.3 is 14.2 Å². The summed E-state index contributed by atoms with van der Waals surface area (Å²) < 4.78 is 102. The molecule has 1 aromatic carbocycles. The van der Waals surface area contributed by atoms with E-state index in [4.69, 9.17) is 14.2 Å². The molecule has 0 aliphatic carbocycles.